The number of amidine groups is 5. The molecule has 0 N–H and O–H groups in total. The molecular formula is C119H60Br3N13+4. The van der Waals surface area contributed by atoms with Crippen LogP contribution in [0.3, 0.4) is 0 Å². The Balaban J connectivity index is 0.000000120. The molecule has 0 aliphatic carbocycles. The maximum absolute atomic E-state index is 6.01. The highest BCUT2D eigenvalue weighted by Gasteiger charge is 2.74. The summed E-state index contributed by atoms with van der Waals surface area (Å²) in [6.45, 7) is 0. The van der Waals surface area contributed by atoms with Crippen molar-refractivity contribution in [3.8, 4) is 0 Å². The number of nitrogens with zero attached hydrogens (tertiary/aromatic N) is 13. The molecule has 0 bridgehead atoms. The molecule has 1 atom stereocenters. The van der Waals surface area contributed by atoms with Crippen LogP contribution in [0.4, 0.5) is 23.3 Å². The van der Waals surface area contributed by atoms with Crippen LogP contribution in [0.2, 0.25) is 0 Å². The predicted molar refractivity (Wildman–Crippen MR) is 553 cm³/mol. The molecule has 1 unspecified atom stereocenters. The van der Waals surface area contributed by atoms with E-state index in [0.717, 1.165) is 215 Å². The van der Waals surface area contributed by atoms with Gasteiger partial charge in [-0.1, -0.05) is 288 Å². The summed E-state index contributed by atoms with van der Waals surface area (Å²) in [5, 5.41) is 31.3. The molecule has 12 aliphatic heterocycles. The third-order valence-electron chi connectivity index (χ3n) is 30.8. The summed E-state index contributed by atoms with van der Waals surface area (Å²) in [4.78, 5) is 29.6. The maximum atomic E-state index is 6.01. The van der Waals surface area contributed by atoms with Crippen LogP contribution in [-0.2, 0) is 11.8 Å². The third-order valence-corrected chi connectivity index (χ3v) is 32.4. The first-order chi connectivity index (χ1) is 66.6. The number of rotatable bonds is 3. The molecule has 0 radical (unpaired) electrons. The van der Waals surface area contributed by atoms with Gasteiger partial charge >= 0.3 is 29.3 Å². The Morgan fingerprint density at radius 2 is 0.422 bits per heavy atom. The van der Waals surface area contributed by atoms with Crippen molar-refractivity contribution in [1.29, 1.82) is 0 Å². The molecular weight excluding hydrogens is 1850 g/mol. The lowest BCUT2D eigenvalue weighted by Gasteiger charge is -2.41. The van der Waals surface area contributed by atoms with Gasteiger partial charge in [-0.15, -0.1) is 18.3 Å². The van der Waals surface area contributed by atoms with Gasteiger partial charge in [0.05, 0.1) is 76.7 Å². The van der Waals surface area contributed by atoms with E-state index >= 15 is 0 Å². The number of aromatic nitrogens is 4. The smallest absolute Gasteiger partial charge is 0.240 e. The monoisotopic (exact) mass is 1910 g/mol. The van der Waals surface area contributed by atoms with Crippen molar-refractivity contribution in [1.82, 2.24) is 18.3 Å². The van der Waals surface area contributed by atoms with Crippen LogP contribution in [0.25, 0.3) is 146 Å². The maximum Gasteiger partial charge on any atom is 0.441 e. The summed E-state index contributed by atoms with van der Waals surface area (Å²) in [5.41, 5.74) is 20.1. The molecule has 0 fully saturated rings. The molecule has 35 rings (SSSR count). The topological polar surface area (TPSA) is 93.6 Å². The van der Waals surface area contributed by atoms with Gasteiger partial charge in [0.15, 0.2) is 17.1 Å². The SMILES string of the molecule is Brc1ccc(C2=c3c4cc5ccccc5cc4c4n3C35n6c(c7cc8ccccc8cc7c6N=C6c7cc8ccccc8cc7C(=[N+]63)C=4c3ccc(Br)cc3)N=C3c4cc6ccccc6cc4C2=[N+]35)cc1.Brc1ccc(C2=c3c4cc5ccccc5cc4c4n3C35n6c(c7cc8ccccc8cc7c6N=C6c7cc8ccccc8cc7C2=[N+]63)N=C2c3cc6ccccc6cc3C(=[N+]25)N=4)cc1. The van der Waals surface area contributed by atoms with Gasteiger partial charge < -0.3 is 0 Å². The largest absolute Gasteiger partial charge is 0.441 e. The zero-order valence-electron chi connectivity index (χ0n) is 71.1. The van der Waals surface area contributed by atoms with E-state index in [1.807, 2.05) is 0 Å². The number of hydrogen-bond donors (Lipinski definition) is 0. The quantitative estimate of drug-likeness (QED) is 0.158. The van der Waals surface area contributed by atoms with E-state index in [0.29, 0.717) is 0 Å². The molecule has 0 saturated carbocycles. The molecule has 13 nitrogen and oxygen atoms in total. The molecule has 135 heavy (non-hydrogen) atoms. The molecule has 4 aromatic heterocycles. The Kier molecular flexibility index (Phi) is 12.9. The molecule has 19 aromatic carbocycles. The van der Waals surface area contributed by atoms with Gasteiger partial charge in [0.2, 0.25) is 11.3 Å². The number of hydrogen-bond acceptors (Lipinski definition) is 5. The van der Waals surface area contributed by atoms with Crippen molar-refractivity contribution in [2.75, 3.05) is 0 Å². The van der Waals surface area contributed by atoms with Crippen LogP contribution < -0.4 is 21.5 Å². The van der Waals surface area contributed by atoms with Crippen molar-refractivity contribution >= 4 is 263 Å². The minimum atomic E-state index is -1.13. The van der Waals surface area contributed by atoms with Crippen LogP contribution in [-0.4, -0.2) is 82.9 Å². The van der Waals surface area contributed by atoms with Crippen molar-refractivity contribution in [3.63, 3.8) is 0 Å². The summed E-state index contributed by atoms with van der Waals surface area (Å²) in [7, 11) is 0. The average Bonchev–Trinajstić information content (AvgIpc) is 1.42. The van der Waals surface area contributed by atoms with Crippen molar-refractivity contribution in [2.24, 2.45) is 25.0 Å². The van der Waals surface area contributed by atoms with Gasteiger partial charge in [-0.3, -0.25) is 0 Å². The molecule has 618 valence electrons. The lowest BCUT2D eigenvalue weighted by atomic mass is 9.91. The Labute approximate surface area is 790 Å². The minimum Gasteiger partial charge on any atom is -0.240 e. The molecule has 23 aromatic rings. The first-order valence-corrected chi connectivity index (χ1v) is 48.1. The molecule has 16 heteroatoms. The second-order valence-electron chi connectivity index (χ2n) is 37.4. The predicted octanol–water partition coefficient (Wildman–Crippen LogP) is 23.8. The van der Waals surface area contributed by atoms with Gasteiger partial charge in [-0.05, 0) is 251 Å². The Bertz CT molecular complexity index is 10300. The van der Waals surface area contributed by atoms with E-state index < -0.39 is 11.8 Å². The van der Waals surface area contributed by atoms with Gasteiger partial charge in [0, 0.05) is 57.0 Å². The van der Waals surface area contributed by atoms with Crippen LogP contribution >= 0.6 is 47.8 Å². The van der Waals surface area contributed by atoms with Crippen LogP contribution in [0.1, 0.15) is 61.2 Å². The van der Waals surface area contributed by atoms with Crippen molar-refractivity contribution < 1.29 is 18.3 Å². The van der Waals surface area contributed by atoms with Gasteiger partial charge in [0.25, 0.3) is 29.1 Å². The molecule has 16 heterocycles. The van der Waals surface area contributed by atoms with E-state index in [1.54, 1.807) is 0 Å². The normalized spacial score (nSPS) is 17.0. The molecule has 0 saturated heterocycles. The first kappa shape index (κ1) is 71.4. The minimum absolute atomic E-state index is 0.888. The zero-order valence-corrected chi connectivity index (χ0v) is 75.8. The van der Waals surface area contributed by atoms with E-state index in [-0.39, 0.29) is 0 Å². The highest BCUT2D eigenvalue weighted by molar-refractivity contribution is 9.11. The van der Waals surface area contributed by atoms with Crippen LogP contribution in [0.15, 0.2) is 402 Å². The van der Waals surface area contributed by atoms with Gasteiger partial charge in [-0.2, -0.15) is 9.13 Å². The van der Waals surface area contributed by atoms with Crippen LogP contribution in [0, 0.1) is 0 Å². The van der Waals surface area contributed by atoms with E-state index in [1.165, 1.54) is 97.0 Å². The molecule has 0 amide bonds. The molecule has 12 aliphatic rings. The second kappa shape index (κ2) is 24.5. The van der Waals surface area contributed by atoms with Crippen molar-refractivity contribution in [3.05, 3.63) is 460 Å². The first-order valence-electron chi connectivity index (χ1n) is 45.7. The highest BCUT2D eigenvalue weighted by atomic mass is 79.9. The third kappa shape index (κ3) is 8.52. The zero-order chi connectivity index (χ0) is 87.5. The second-order valence-corrected chi connectivity index (χ2v) is 40.1. The lowest BCUT2D eigenvalue weighted by Crippen LogP contribution is -2.72. The number of halogens is 3. The Hall–Kier alpha value is -16.4. The number of fused-ring (bicyclic) bond motifs is 32. The van der Waals surface area contributed by atoms with E-state index in [9.17, 15) is 0 Å². The van der Waals surface area contributed by atoms with Crippen LogP contribution in [0.5, 0.6) is 0 Å². The van der Waals surface area contributed by atoms with Gasteiger partial charge in [-0.25, -0.2) is 9.13 Å². The summed E-state index contributed by atoms with van der Waals surface area (Å²) in [6, 6.07) is 135. The summed E-state index contributed by atoms with van der Waals surface area (Å²) >= 11 is 11.4. The number of aliphatic imine (C=N–C) groups is 4. The van der Waals surface area contributed by atoms with E-state index in [4.69, 9.17) is 25.0 Å². The summed E-state index contributed by atoms with van der Waals surface area (Å²) in [5.74, 6) is 5.90. The molecule has 2 spiro atoms. The fourth-order valence-electron chi connectivity index (χ4n) is 25.3. The summed E-state index contributed by atoms with van der Waals surface area (Å²) < 4.78 is 23.6. The highest BCUT2D eigenvalue weighted by Crippen LogP contribution is 2.59. The fourth-order valence-corrected chi connectivity index (χ4v) is 26.1. The number of benzene rings is 19. The van der Waals surface area contributed by atoms with E-state index in [2.05, 4.69) is 448 Å². The Morgan fingerprint density at radius 1 is 0.200 bits per heavy atom. The standard InChI is InChI=1S/C63H32Br2N6.C56H28BrN7/c64-43-21-17-33(18-22-43)53-55-45-25-35-9-1-2-10-36(35)26-46(45)56-54(34-19-23-44(65)24-20-34)58-48-28-38-12-4-6-14-40(38)30-50(48)60-67-62-52-32-42-16-8-7-15-41(42)31-51(52)61-66-59-49-29-39-13-5-3-11-37(39)27-47(49)57(53)69(59)63(68(55)56,70(58)60)71(61)62;57-38-19-17-29(18-20-38)47-48-39-21-30-9-1-3-11-32(30)23-41(39)50-58-52-43-25-34-13-5-7-15-36(34)27-45(43)54-60-55-46-28-37-16-8-6-14-35(37)26-44(46)53-59-51-42-24-33-12-4-2-10-31(33)22-40(42)49(47)62(51)56(61(48)50,63(52)54)64(53)55/h1-32H;1-28H/q2*+2. The average molecular weight is 1910 g/mol. The summed E-state index contributed by atoms with van der Waals surface area (Å²) in [6.07, 6.45) is 0. The Morgan fingerprint density at radius 3 is 0.719 bits per heavy atom. The fraction of sp³-hybridized carbons (Fsp3) is 0.0168. The van der Waals surface area contributed by atoms with Gasteiger partial charge in [0.1, 0.15) is 0 Å². The van der Waals surface area contributed by atoms with Crippen molar-refractivity contribution in [2.45, 2.75) is 11.8 Å². The lowest BCUT2D eigenvalue weighted by molar-refractivity contribution is -0.789.